The fraction of sp³-hybridized carbons (Fsp3) is 0.179. The van der Waals surface area contributed by atoms with Gasteiger partial charge in [-0.05, 0) is 66.1 Å². The van der Waals surface area contributed by atoms with Gasteiger partial charge in [0, 0.05) is 27.0 Å². The molecule has 54 heavy (non-hydrogen) atoms. The summed E-state index contributed by atoms with van der Waals surface area (Å²) in [5.41, 5.74) is 6.20. The molecular formula is C39H38N6O6S3. The highest BCUT2D eigenvalue weighted by Gasteiger charge is 2.34. The van der Waals surface area contributed by atoms with E-state index in [1.54, 1.807) is 42.0 Å². The minimum Gasteiger partial charge on any atom is -0.453 e. The Kier molecular flexibility index (Phi) is 12.8. The summed E-state index contributed by atoms with van der Waals surface area (Å²) in [7, 11) is -2.92. The van der Waals surface area contributed by atoms with Crippen molar-refractivity contribution >= 4 is 65.9 Å². The Bertz CT molecular complexity index is 2340. The molecule has 12 nitrogen and oxygen atoms in total. The number of pyridine rings is 1. The second-order valence-electron chi connectivity index (χ2n) is 12.0. The van der Waals surface area contributed by atoms with Crippen molar-refractivity contribution in [2.45, 2.75) is 30.4 Å². The number of nitrogens with one attached hydrogen (secondary N) is 3. The van der Waals surface area contributed by atoms with E-state index in [4.69, 9.17) is 0 Å². The minimum absolute atomic E-state index is 0.0534. The number of sulfonamides is 1. The summed E-state index contributed by atoms with van der Waals surface area (Å²) >= 11 is 2.69. The molecule has 0 saturated heterocycles. The second-order valence-corrected chi connectivity index (χ2v) is 16.0. The number of ether oxygens (including phenoxy) is 1. The summed E-state index contributed by atoms with van der Waals surface area (Å²) in [6, 6.07) is 34.0. The molecule has 0 bridgehead atoms. The number of hydrogen-bond acceptors (Lipinski definition) is 10. The summed E-state index contributed by atoms with van der Waals surface area (Å²) in [5, 5.41) is 16.4. The van der Waals surface area contributed by atoms with E-state index in [1.165, 1.54) is 51.3 Å². The molecule has 4 heterocycles. The van der Waals surface area contributed by atoms with Crippen molar-refractivity contribution in [1.29, 1.82) is 0 Å². The highest BCUT2D eigenvalue weighted by atomic mass is 32.2. The predicted octanol–water partition coefficient (Wildman–Crippen LogP) is 6.41. The average molecular weight is 783 g/mol. The summed E-state index contributed by atoms with van der Waals surface area (Å²) < 4.78 is 34.8. The van der Waals surface area contributed by atoms with Crippen LogP contribution in [0.25, 0.3) is 21.3 Å². The lowest BCUT2D eigenvalue weighted by molar-refractivity contribution is -0.120. The van der Waals surface area contributed by atoms with Crippen molar-refractivity contribution in [1.82, 2.24) is 29.9 Å². The van der Waals surface area contributed by atoms with Gasteiger partial charge in [-0.15, -0.1) is 22.7 Å². The zero-order chi connectivity index (χ0) is 37.9. The summed E-state index contributed by atoms with van der Waals surface area (Å²) in [6.45, 7) is -0.626. The maximum Gasteiger partial charge on any atom is 0.407 e. The number of benzene rings is 3. The van der Waals surface area contributed by atoms with Crippen molar-refractivity contribution in [2.24, 2.45) is 0 Å². The molecular weight excluding hydrogens is 745 g/mol. The number of aromatic amines is 1. The van der Waals surface area contributed by atoms with Gasteiger partial charge in [-0.1, -0.05) is 60.7 Å². The van der Waals surface area contributed by atoms with Gasteiger partial charge < -0.3 is 25.5 Å². The maximum atomic E-state index is 14.1. The van der Waals surface area contributed by atoms with Gasteiger partial charge in [0.2, 0.25) is 15.9 Å². The predicted molar refractivity (Wildman–Crippen MR) is 211 cm³/mol. The first kappa shape index (κ1) is 38.3. The number of carbonyl (C=O) groups excluding carboxylic acids is 2. The van der Waals surface area contributed by atoms with Gasteiger partial charge >= 0.3 is 6.09 Å². The summed E-state index contributed by atoms with van der Waals surface area (Å²) in [6.07, 6.45) is 1.96. The monoisotopic (exact) mass is 782 g/mol. The number of H-pyrrole nitrogens is 1. The second kappa shape index (κ2) is 18.1. The molecule has 1 unspecified atom stereocenters. The Morgan fingerprint density at radius 1 is 0.907 bits per heavy atom. The Morgan fingerprint density at radius 3 is 2.33 bits per heavy atom. The van der Waals surface area contributed by atoms with Crippen molar-refractivity contribution in [3.05, 3.63) is 147 Å². The van der Waals surface area contributed by atoms with Crippen molar-refractivity contribution in [3.8, 4) is 0 Å². The number of thiophene rings is 1. The van der Waals surface area contributed by atoms with Crippen molar-refractivity contribution in [2.75, 3.05) is 20.3 Å². The molecule has 0 aliphatic carbocycles. The minimum atomic E-state index is -4.12. The zero-order valence-corrected chi connectivity index (χ0v) is 31.7. The van der Waals surface area contributed by atoms with E-state index in [1.807, 2.05) is 12.1 Å². The molecule has 4 aromatic heterocycles. The fourth-order valence-corrected chi connectivity index (χ4v) is 9.03. The number of thiazole rings is 1. The van der Waals surface area contributed by atoms with Crippen LogP contribution in [0.4, 0.5) is 4.79 Å². The van der Waals surface area contributed by atoms with Gasteiger partial charge in [0.05, 0.1) is 53.5 Å². The molecule has 278 valence electrons. The quantitative estimate of drug-likeness (QED) is 0.104. The number of methoxy groups -OCH3 is 1. The number of rotatable bonds is 13. The standard InChI is InChI=1S/C26H26N6O6S3.C13H12/c1-38-26(35)29-12-24(34)28-11-18-4-6-23(40-18)21(14-33)32(13-17-9-16-3-2-8-27-25(16)31-17)41(36,37)19-5-7-22-20(10-19)30-15-39-22;1-3-7-12(8-4-1)11-13-9-5-2-6-10-13/h2-10,15,21,33H,11-14H2,1H3,(H,27,31)(H,28,34)(H,29,35);1-10H,11H2. The number of nitrogens with zero attached hydrogens (tertiary/aromatic N) is 3. The van der Waals surface area contributed by atoms with E-state index in [0.29, 0.717) is 21.7 Å². The van der Waals surface area contributed by atoms with Gasteiger partial charge in [-0.3, -0.25) is 4.79 Å². The third-order valence-corrected chi connectivity index (χ3v) is 12.2. The highest BCUT2D eigenvalue weighted by Crippen LogP contribution is 2.35. The van der Waals surface area contributed by atoms with Crippen LogP contribution in [0.1, 0.15) is 32.6 Å². The molecule has 2 amide bonds. The molecule has 7 rings (SSSR count). The number of aromatic nitrogens is 3. The first-order valence-electron chi connectivity index (χ1n) is 16.9. The Morgan fingerprint density at radius 2 is 1.65 bits per heavy atom. The van der Waals surface area contributed by atoms with E-state index < -0.39 is 34.7 Å². The van der Waals surface area contributed by atoms with Crippen molar-refractivity contribution < 1.29 is 27.9 Å². The lowest BCUT2D eigenvalue weighted by atomic mass is 10.1. The van der Waals surface area contributed by atoms with Gasteiger partial charge in [0.1, 0.15) is 12.2 Å². The summed E-state index contributed by atoms with van der Waals surface area (Å²) in [4.78, 5) is 36.4. The maximum absolute atomic E-state index is 14.1. The number of alkyl carbamates (subject to hydrolysis) is 1. The Labute approximate surface area is 320 Å². The molecule has 0 radical (unpaired) electrons. The van der Waals surface area contributed by atoms with Crippen molar-refractivity contribution in [3.63, 3.8) is 0 Å². The average Bonchev–Trinajstić information content (AvgIpc) is 3.97. The number of aliphatic hydroxyl groups excluding tert-OH is 1. The van der Waals surface area contributed by atoms with Gasteiger partial charge in [-0.2, -0.15) is 4.31 Å². The van der Waals surface area contributed by atoms with Crippen LogP contribution in [0.3, 0.4) is 0 Å². The molecule has 15 heteroatoms. The lowest BCUT2D eigenvalue weighted by Gasteiger charge is -2.29. The van der Waals surface area contributed by atoms with E-state index in [9.17, 15) is 23.1 Å². The smallest absolute Gasteiger partial charge is 0.407 e. The van der Waals surface area contributed by atoms with Gasteiger partial charge in [0.15, 0.2) is 0 Å². The molecule has 0 spiro atoms. The molecule has 0 saturated carbocycles. The van der Waals surface area contributed by atoms with Crippen LogP contribution in [0.5, 0.6) is 0 Å². The topological polar surface area (TPSA) is 167 Å². The third-order valence-electron chi connectivity index (χ3n) is 8.35. The molecule has 0 aliphatic heterocycles. The summed E-state index contributed by atoms with van der Waals surface area (Å²) in [5.74, 6) is -0.418. The molecule has 4 N–H and O–H groups in total. The molecule has 3 aromatic carbocycles. The van der Waals surface area contributed by atoms with Gasteiger partial charge in [-0.25, -0.2) is 23.2 Å². The molecule has 7 aromatic rings. The van der Waals surface area contributed by atoms with Crippen LogP contribution in [-0.4, -0.2) is 65.0 Å². The largest absolute Gasteiger partial charge is 0.453 e. The van der Waals surface area contributed by atoms with Crippen LogP contribution < -0.4 is 10.6 Å². The third kappa shape index (κ3) is 9.75. The Hall–Kier alpha value is -5.45. The number of fused-ring (bicyclic) bond motifs is 2. The fourth-order valence-electron chi connectivity index (χ4n) is 5.66. The normalized spacial score (nSPS) is 11.9. The Balaban J connectivity index is 0.000000321. The number of amides is 2. The van der Waals surface area contributed by atoms with E-state index >= 15 is 0 Å². The SMILES string of the molecule is COC(=O)NCC(=O)NCc1ccc(C(CO)N(Cc2cc3cccnc3[nH]2)S(=O)(=O)c2ccc3scnc3c2)s1.c1ccc(Cc2ccccc2)cc1. The molecule has 0 aliphatic rings. The van der Waals surface area contributed by atoms with E-state index in [0.717, 1.165) is 21.4 Å². The van der Waals surface area contributed by atoms with Crippen LogP contribution in [0.15, 0.2) is 126 Å². The first-order valence-corrected chi connectivity index (χ1v) is 20.0. The molecule has 1 atom stereocenters. The number of hydrogen-bond donors (Lipinski definition) is 4. The molecule has 0 fully saturated rings. The van der Waals surface area contributed by atoms with Crippen LogP contribution in [0.2, 0.25) is 0 Å². The van der Waals surface area contributed by atoms with Gasteiger partial charge in [0.25, 0.3) is 0 Å². The number of aliphatic hydroxyl groups is 1. The van der Waals surface area contributed by atoms with E-state index in [-0.39, 0.29) is 24.5 Å². The van der Waals surface area contributed by atoms with E-state index in [2.05, 4.69) is 91.0 Å². The van der Waals surface area contributed by atoms with Crippen LogP contribution in [-0.2, 0) is 39.1 Å². The lowest BCUT2D eigenvalue weighted by Crippen LogP contribution is -2.36. The first-order chi connectivity index (χ1) is 26.2. The zero-order valence-electron chi connectivity index (χ0n) is 29.2. The highest BCUT2D eigenvalue weighted by molar-refractivity contribution is 7.89. The number of carbonyl (C=O) groups is 2. The van der Waals surface area contributed by atoms with Crippen LogP contribution in [0, 0.1) is 0 Å². The van der Waals surface area contributed by atoms with Crippen LogP contribution >= 0.6 is 22.7 Å².